The van der Waals surface area contributed by atoms with E-state index in [0.29, 0.717) is 31.6 Å². The Balaban J connectivity index is 1.81. The molecule has 2 aromatic carbocycles. The molecule has 1 fully saturated rings. The molecule has 1 aliphatic heterocycles. The van der Waals surface area contributed by atoms with Gasteiger partial charge in [0, 0.05) is 12.1 Å². The second-order valence-corrected chi connectivity index (χ2v) is 8.35. The smallest absolute Gasteiger partial charge is 0.429 e. The molecule has 3 rings (SSSR count). The third-order valence-electron chi connectivity index (χ3n) is 5.53. The van der Waals surface area contributed by atoms with Gasteiger partial charge in [-0.3, -0.25) is 0 Å². The van der Waals surface area contributed by atoms with Crippen molar-refractivity contribution >= 4 is 0 Å². The normalized spacial score (nSPS) is 18.5. The standard InChI is InChI=1S/C24H20F10O3/c1-2-3-12-4-5-19(35-11-12)13-6-15(25)21(16(26)7-13)24(33,34)36-14-8-17(27)22(18(28)9-14)37-23(31,32)10-20(29)30/h6-10,12,19H,2-5,11H2,1H3. The lowest BCUT2D eigenvalue weighted by Gasteiger charge is -2.29. The van der Waals surface area contributed by atoms with Gasteiger partial charge in [0.05, 0.1) is 18.8 Å². The lowest BCUT2D eigenvalue weighted by atomic mass is 9.91. The van der Waals surface area contributed by atoms with Crippen LogP contribution in [-0.4, -0.2) is 12.7 Å². The molecule has 37 heavy (non-hydrogen) atoms. The minimum Gasteiger partial charge on any atom is -0.429 e. The third-order valence-corrected chi connectivity index (χ3v) is 5.53. The van der Waals surface area contributed by atoms with Crippen LogP contribution in [0, 0.1) is 29.2 Å². The maximum absolute atomic E-state index is 14.6. The fraction of sp³-hybridized carbons (Fsp3) is 0.417. The van der Waals surface area contributed by atoms with Crippen LogP contribution in [0.3, 0.4) is 0 Å². The molecule has 2 aromatic rings. The molecule has 1 aliphatic rings. The minimum atomic E-state index is -4.85. The van der Waals surface area contributed by atoms with Crippen LogP contribution in [0.25, 0.3) is 0 Å². The van der Waals surface area contributed by atoms with Crippen LogP contribution in [0.1, 0.15) is 49.8 Å². The van der Waals surface area contributed by atoms with Crippen molar-refractivity contribution in [2.45, 2.75) is 50.9 Å². The van der Waals surface area contributed by atoms with E-state index < -0.39 is 70.8 Å². The summed E-state index contributed by atoms with van der Waals surface area (Å²) in [5.74, 6) is -10.5. The monoisotopic (exact) mass is 546 g/mol. The van der Waals surface area contributed by atoms with Gasteiger partial charge in [-0.2, -0.15) is 26.3 Å². The largest absolute Gasteiger partial charge is 0.432 e. The molecule has 0 aliphatic carbocycles. The Morgan fingerprint density at radius 3 is 2.00 bits per heavy atom. The van der Waals surface area contributed by atoms with Crippen molar-refractivity contribution < 1.29 is 58.1 Å². The van der Waals surface area contributed by atoms with E-state index in [1.807, 2.05) is 6.92 Å². The molecule has 3 nitrogen and oxygen atoms in total. The van der Waals surface area contributed by atoms with E-state index >= 15 is 0 Å². The molecule has 0 bridgehead atoms. The summed E-state index contributed by atoms with van der Waals surface area (Å²) < 4.78 is 150. The maximum Gasteiger partial charge on any atom is 0.432 e. The first-order valence-corrected chi connectivity index (χ1v) is 11.0. The summed E-state index contributed by atoms with van der Waals surface area (Å²) in [4.78, 5) is 0. The van der Waals surface area contributed by atoms with E-state index in [1.165, 1.54) is 0 Å². The highest BCUT2D eigenvalue weighted by atomic mass is 19.3. The number of benzene rings is 2. The quantitative estimate of drug-likeness (QED) is 0.296. The Hall–Kier alpha value is -2.96. The Bertz CT molecular complexity index is 1090. The van der Waals surface area contributed by atoms with Crippen molar-refractivity contribution in [3.63, 3.8) is 0 Å². The van der Waals surface area contributed by atoms with E-state index in [1.54, 1.807) is 0 Å². The zero-order valence-corrected chi connectivity index (χ0v) is 19.1. The molecule has 2 unspecified atom stereocenters. The summed E-state index contributed by atoms with van der Waals surface area (Å²) in [5, 5.41) is 0. The third kappa shape index (κ3) is 7.08. The Morgan fingerprint density at radius 2 is 1.51 bits per heavy atom. The molecule has 204 valence electrons. The number of ether oxygens (including phenoxy) is 3. The molecular formula is C24H20F10O3. The first-order valence-electron chi connectivity index (χ1n) is 11.0. The zero-order valence-electron chi connectivity index (χ0n) is 19.1. The summed E-state index contributed by atoms with van der Waals surface area (Å²) in [7, 11) is 0. The molecular weight excluding hydrogens is 526 g/mol. The van der Waals surface area contributed by atoms with Gasteiger partial charge in [-0.1, -0.05) is 13.3 Å². The molecule has 2 atom stereocenters. The van der Waals surface area contributed by atoms with E-state index in [4.69, 9.17) is 4.74 Å². The minimum absolute atomic E-state index is 0.0252. The molecule has 1 heterocycles. The van der Waals surface area contributed by atoms with Crippen LogP contribution in [0.15, 0.2) is 36.4 Å². The van der Waals surface area contributed by atoms with Gasteiger partial charge in [-0.25, -0.2) is 17.6 Å². The van der Waals surface area contributed by atoms with Crippen LogP contribution in [-0.2, 0) is 10.8 Å². The molecule has 0 spiro atoms. The van der Waals surface area contributed by atoms with E-state index in [-0.39, 0.29) is 23.6 Å². The van der Waals surface area contributed by atoms with Crippen LogP contribution < -0.4 is 9.47 Å². The highest BCUT2D eigenvalue weighted by molar-refractivity contribution is 5.37. The number of hydrogen-bond donors (Lipinski definition) is 0. The summed E-state index contributed by atoms with van der Waals surface area (Å²) in [5.41, 5.74) is -1.89. The second-order valence-electron chi connectivity index (χ2n) is 8.35. The summed E-state index contributed by atoms with van der Waals surface area (Å²) >= 11 is 0. The highest BCUT2D eigenvalue weighted by Gasteiger charge is 2.42. The van der Waals surface area contributed by atoms with Crippen molar-refractivity contribution in [3.8, 4) is 11.5 Å². The average Bonchev–Trinajstić information content (AvgIpc) is 2.75. The second kappa shape index (κ2) is 11.2. The number of halogens is 10. The van der Waals surface area contributed by atoms with Gasteiger partial charge in [-0.05, 0) is 42.9 Å². The van der Waals surface area contributed by atoms with E-state index in [9.17, 15) is 43.9 Å². The van der Waals surface area contributed by atoms with Crippen LogP contribution in [0.2, 0.25) is 0 Å². The average molecular weight is 546 g/mol. The van der Waals surface area contributed by atoms with Gasteiger partial charge < -0.3 is 14.2 Å². The van der Waals surface area contributed by atoms with Crippen molar-refractivity contribution in [1.29, 1.82) is 0 Å². The molecule has 0 N–H and O–H groups in total. The van der Waals surface area contributed by atoms with Gasteiger partial charge in [0.25, 0.3) is 6.08 Å². The van der Waals surface area contributed by atoms with Gasteiger partial charge in [-0.15, -0.1) is 0 Å². The number of hydrogen-bond acceptors (Lipinski definition) is 3. The lowest BCUT2D eigenvalue weighted by molar-refractivity contribution is -0.190. The van der Waals surface area contributed by atoms with Crippen molar-refractivity contribution in [2.75, 3.05) is 6.61 Å². The summed E-state index contributed by atoms with van der Waals surface area (Å²) in [6, 6.07) is 1.17. The van der Waals surface area contributed by atoms with E-state index in [0.717, 1.165) is 12.8 Å². The van der Waals surface area contributed by atoms with E-state index in [2.05, 4.69) is 9.47 Å². The zero-order chi connectivity index (χ0) is 27.5. The molecule has 0 saturated carbocycles. The van der Waals surface area contributed by atoms with Crippen molar-refractivity contribution in [2.24, 2.45) is 5.92 Å². The van der Waals surface area contributed by atoms with Crippen molar-refractivity contribution in [1.82, 2.24) is 0 Å². The lowest BCUT2D eigenvalue weighted by Crippen LogP contribution is -2.26. The fourth-order valence-electron chi connectivity index (χ4n) is 3.95. The summed E-state index contributed by atoms with van der Waals surface area (Å²) in [6.07, 6.45) is -11.4. The molecule has 13 heteroatoms. The van der Waals surface area contributed by atoms with Crippen LogP contribution in [0.4, 0.5) is 43.9 Å². The van der Waals surface area contributed by atoms with Gasteiger partial charge in [0.2, 0.25) is 0 Å². The molecule has 1 saturated heterocycles. The predicted octanol–water partition coefficient (Wildman–Crippen LogP) is 8.39. The Labute approximate surface area is 204 Å². The van der Waals surface area contributed by atoms with Crippen LogP contribution >= 0.6 is 0 Å². The van der Waals surface area contributed by atoms with Gasteiger partial charge in [0.1, 0.15) is 22.9 Å². The highest BCUT2D eigenvalue weighted by Crippen LogP contribution is 2.40. The molecule has 0 amide bonds. The van der Waals surface area contributed by atoms with Crippen molar-refractivity contribution in [3.05, 3.63) is 70.8 Å². The molecule has 0 radical (unpaired) electrons. The summed E-state index contributed by atoms with van der Waals surface area (Å²) in [6.45, 7) is 2.33. The van der Waals surface area contributed by atoms with Crippen LogP contribution in [0.5, 0.6) is 11.5 Å². The number of rotatable bonds is 9. The SMILES string of the molecule is CCCC1CCC(c2cc(F)c(C(F)(F)Oc3cc(F)c(OC(F)(F)C=C(F)F)c(F)c3)c(F)c2)OC1. The molecule has 0 aromatic heterocycles. The Kier molecular flexibility index (Phi) is 8.66. The fourth-order valence-corrected chi connectivity index (χ4v) is 3.95. The Morgan fingerprint density at radius 1 is 0.919 bits per heavy atom. The number of alkyl halides is 4. The first-order chi connectivity index (χ1) is 17.2. The van der Waals surface area contributed by atoms with Gasteiger partial charge in [0.15, 0.2) is 17.4 Å². The topological polar surface area (TPSA) is 27.7 Å². The predicted molar refractivity (Wildman–Crippen MR) is 109 cm³/mol. The first kappa shape index (κ1) is 28.6. The van der Waals surface area contributed by atoms with Gasteiger partial charge >= 0.3 is 12.2 Å². The maximum atomic E-state index is 14.6.